The predicted molar refractivity (Wildman–Crippen MR) is 88.2 cm³/mol. The molecule has 0 radical (unpaired) electrons. The fourth-order valence-electron chi connectivity index (χ4n) is 2.05. The zero-order chi connectivity index (χ0) is 15.4. The van der Waals surface area contributed by atoms with E-state index in [0.717, 1.165) is 14.4 Å². The molecule has 2 aromatic carbocycles. The van der Waals surface area contributed by atoms with Gasteiger partial charge in [-0.1, -0.05) is 0 Å². The number of carbonyl (C=O) groups excluding carboxylic acids is 1. The van der Waals surface area contributed by atoms with Crippen molar-refractivity contribution in [3.63, 3.8) is 0 Å². The number of amides is 1. The van der Waals surface area contributed by atoms with E-state index in [2.05, 4.69) is 15.7 Å². The fourth-order valence-corrected chi connectivity index (χ4v) is 15.6. The number of benzene rings is 2. The van der Waals surface area contributed by atoms with Crippen LogP contribution < -0.4 is 25.8 Å². The van der Waals surface area contributed by atoms with Crippen molar-refractivity contribution in [3.05, 3.63) is 65.2 Å². The third-order valence-electron chi connectivity index (χ3n) is 3.08. The molecule has 0 atom stereocenters. The van der Waals surface area contributed by atoms with Crippen LogP contribution in [0.5, 0.6) is 5.75 Å². The molecule has 1 amide bonds. The molecule has 0 aromatic heterocycles. The van der Waals surface area contributed by atoms with E-state index in [1.54, 1.807) is 12.1 Å². The summed E-state index contributed by atoms with van der Waals surface area (Å²) in [6.07, 6.45) is -0.343. The van der Waals surface area contributed by atoms with Gasteiger partial charge in [-0.25, -0.2) is 0 Å². The molecule has 6 heteroatoms. The average Bonchev–Trinajstić information content (AvgIpc) is 2.95. The summed E-state index contributed by atoms with van der Waals surface area (Å²) in [5.74, 6) is 0.571. The van der Waals surface area contributed by atoms with Crippen LogP contribution in [0, 0.1) is 11.3 Å². The summed E-state index contributed by atoms with van der Waals surface area (Å²) >= 11 is -1.49. The molecule has 22 heavy (non-hydrogen) atoms. The van der Waals surface area contributed by atoms with Crippen molar-refractivity contribution in [1.29, 1.82) is 5.26 Å². The number of para-hydroxylation sites is 1. The average molecular weight is 519 g/mol. The van der Waals surface area contributed by atoms with Gasteiger partial charge in [0.15, 0.2) is 0 Å². The van der Waals surface area contributed by atoms with Gasteiger partial charge in [-0.2, -0.15) is 0 Å². The first-order chi connectivity index (χ1) is 10.7. The summed E-state index contributed by atoms with van der Waals surface area (Å²) in [7, 11) is 0. The third kappa shape index (κ3) is 3.89. The van der Waals surface area contributed by atoms with Crippen molar-refractivity contribution < 1.29 is 27.0 Å². The number of fused-ring (bicyclic) bond motifs is 1. The first kappa shape index (κ1) is 15.6. The molecule has 0 saturated carbocycles. The first-order valence-electron chi connectivity index (χ1n) is 6.56. The molecule has 1 heterocycles. The Morgan fingerprint density at radius 3 is 2.73 bits per heavy atom. The SMILES string of the molecule is N#Cc1ccc2c(c1)CI([I-]NC(=O)Oc1ccccc1)C2. The Kier molecular flexibility index (Phi) is 5.15. The molecule has 0 spiro atoms. The Hall–Kier alpha value is -1.34. The number of nitrogens with one attached hydrogen (secondary N) is 1. The predicted octanol–water partition coefficient (Wildman–Crippen LogP) is 0.786. The zero-order valence-electron chi connectivity index (χ0n) is 11.6. The van der Waals surface area contributed by atoms with E-state index in [0.29, 0.717) is 5.75 Å². The van der Waals surface area contributed by atoms with Crippen LogP contribution in [0.15, 0.2) is 48.5 Å². The van der Waals surface area contributed by atoms with E-state index in [9.17, 15) is 4.79 Å². The van der Waals surface area contributed by atoms with Crippen molar-refractivity contribution >= 4 is 21.9 Å². The van der Waals surface area contributed by atoms with Gasteiger partial charge in [0.25, 0.3) is 0 Å². The van der Waals surface area contributed by atoms with Gasteiger partial charge >= 0.3 is 144 Å². The van der Waals surface area contributed by atoms with Crippen molar-refractivity contribution in [2.45, 2.75) is 8.86 Å². The molecule has 114 valence electrons. The second kappa shape index (κ2) is 7.28. The van der Waals surface area contributed by atoms with Crippen molar-refractivity contribution in [2.75, 3.05) is 0 Å². The van der Waals surface area contributed by atoms with Crippen LogP contribution in [0.2, 0.25) is 0 Å². The molecular weight excluding hydrogens is 506 g/mol. The number of hydrogen-bond donors (Lipinski definition) is 1. The van der Waals surface area contributed by atoms with Crippen LogP contribution in [-0.4, -0.2) is 6.09 Å². The second-order valence-corrected chi connectivity index (χ2v) is 19.8. The van der Waals surface area contributed by atoms with E-state index in [1.165, 1.54) is 11.1 Å². The molecule has 2 aromatic rings. The van der Waals surface area contributed by atoms with E-state index < -0.39 is 15.8 Å². The number of hydrogen-bond acceptors (Lipinski definition) is 3. The van der Waals surface area contributed by atoms with Gasteiger partial charge in [0.2, 0.25) is 0 Å². The summed E-state index contributed by atoms with van der Waals surface area (Å²) in [4.78, 5) is 11.8. The first-order valence-corrected chi connectivity index (χ1v) is 17.0. The Balaban J connectivity index is 1.51. The van der Waals surface area contributed by atoms with Gasteiger partial charge in [-0.05, 0) is 0 Å². The van der Waals surface area contributed by atoms with Crippen LogP contribution in [0.3, 0.4) is 0 Å². The van der Waals surface area contributed by atoms with Gasteiger partial charge < -0.3 is 0 Å². The Bertz CT molecular complexity index is 729. The summed E-state index contributed by atoms with van der Waals surface area (Å²) < 4.78 is 10.5. The van der Waals surface area contributed by atoms with Gasteiger partial charge in [0.05, 0.1) is 0 Å². The van der Waals surface area contributed by atoms with Crippen LogP contribution >= 0.6 is 15.8 Å². The number of carbonyl (C=O) groups is 1. The minimum atomic E-state index is -1.16. The molecule has 1 N–H and O–H groups in total. The number of nitrogens with zero attached hydrogens (tertiary/aromatic N) is 1. The van der Waals surface area contributed by atoms with Crippen LogP contribution in [0.25, 0.3) is 0 Å². The summed E-state index contributed by atoms with van der Waals surface area (Å²) in [6.45, 7) is 0. The standard InChI is InChI=1S/C16H13I2N2O2/c19-11-12-6-7-13-9-18(10-14(13)8-12)17-20-16(21)22-15-4-2-1-3-5-15/h1-8H,9-10H2,(H,20,21)/q-1. The number of nitriles is 1. The Labute approximate surface area is 142 Å². The van der Waals surface area contributed by atoms with Crippen molar-refractivity contribution in [1.82, 2.24) is 3.53 Å². The third-order valence-corrected chi connectivity index (χ3v) is 16.7. The monoisotopic (exact) mass is 519 g/mol. The fraction of sp³-hybridized carbons (Fsp3) is 0.125. The molecule has 0 bridgehead atoms. The maximum absolute atomic E-state index is 11.8. The van der Waals surface area contributed by atoms with Gasteiger partial charge in [-0.15, -0.1) is 0 Å². The molecule has 0 fully saturated rings. The van der Waals surface area contributed by atoms with Gasteiger partial charge in [-0.3, -0.25) is 0 Å². The van der Waals surface area contributed by atoms with E-state index in [-0.39, 0.29) is 23.6 Å². The Morgan fingerprint density at radius 2 is 1.95 bits per heavy atom. The number of halogens is 2. The van der Waals surface area contributed by atoms with Gasteiger partial charge in [0, 0.05) is 0 Å². The molecule has 0 aliphatic carbocycles. The molecule has 0 unspecified atom stereocenters. The summed E-state index contributed by atoms with van der Waals surface area (Å²) in [5.41, 5.74) is 3.40. The molecule has 1 aliphatic rings. The van der Waals surface area contributed by atoms with E-state index in [1.807, 2.05) is 30.3 Å². The van der Waals surface area contributed by atoms with Gasteiger partial charge in [0.1, 0.15) is 0 Å². The van der Waals surface area contributed by atoms with Crippen molar-refractivity contribution in [3.8, 4) is 11.8 Å². The molecular formula is C16H13I2N2O2-. The van der Waals surface area contributed by atoms with Crippen molar-refractivity contribution in [2.24, 2.45) is 0 Å². The van der Waals surface area contributed by atoms with E-state index in [4.69, 9.17) is 10.00 Å². The van der Waals surface area contributed by atoms with E-state index >= 15 is 0 Å². The normalized spacial score (nSPS) is 14.2. The van der Waals surface area contributed by atoms with Crippen LogP contribution in [0.1, 0.15) is 16.7 Å². The molecule has 4 nitrogen and oxygen atoms in total. The molecule has 3 rings (SSSR count). The summed E-state index contributed by atoms with van der Waals surface area (Å²) in [6, 6.07) is 17.2. The van der Waals surface area contributed by atoms with Crippen LogP contribution in [-0.2, 0) is 8.86 Å². The number of rotatable bonds is 3. The molecule has 0 saturated heterocycles. The molecule has 1 aliphatic heterocycles. The Morgan fingerprint density at radius 1 is 1.18 bits per heavy atom. The second-order valence-electron chi connectivity index (χ2n) is 4.62. The number of alkyl halides is 2. The maximum atomic E-state index is 11.8. The minimum absolute atomic E-state index is 0.331. The quantitative estimate of drug-likeness (QED) is 0.371. The van der Waals surface area contributed by atoms with Crippen LogP contribution in [0.4, 0.5) is 4.79 Å². The topological polar surface area (TPSA) is 62.1 Å². The summed E-state index contributed by atoms with van der Waals surface area (Å²) in [5, 5.41) is 8.95. The zero-order valence-corrected chi connectivity index (χ0v) is 15.9. The number of ether oxygens (including phenoxy) is 1.